The Morgan fingerprint density at radius 2 is 1.47 bits per heavy atom. The molecule has 30 heavy (non-hydrogen) atoms. The molecule has 4 rings (SSSR count). The van der Waals surface area contributed by atoms with Crippen LogP contribution >= 0.6 is 0 Å². The van der Waals surface area contributed by atoms with Gasteiger partial charge in [-0.05, 0) is 36.4 Å². The zero-order valence-corrected chi connectivity index (χ0v) is 16.6. The van der Waals surface area contributed by atoms with E-state index in [-0.39, 0.29) is 36.6 Å². The van der Waals surface area contributed by atoms with E-state index in [1.54, 1.807) is 18.2 Å². The molecule has 2 saturated heterocycles. The molecule has 0 radical (unpaired) electrons. The molecule has 2 atom stereocenters. The number of hydrogen-bond donors (Lipinski definition) is 0. The van der Waals surface area contributed by atoms with Crippen molar-refractivity contribution >= 4 is 15.9 Å². The summed E-state index contributed by atoms with van der Waals surface area (Å²) in [6.07, 6.45) is -5.48. The van der Waals surface area contributed by atoms with Gasteiger partial charge in [0.15, 0.2) is 0 Å². The summed E-state index contributed by atoms with van der Waals surface area (Å²) >= 11 is 0. The fourth-order valence-corrected chi connectivity index (χ4v) is 5.27. The quantitative estimate of drug-likeness (QED) is 0.736. The molecule has 2 bridgehead atoms. The predicted molar refractivity (Wildman–Crippen MR) is 101 cm³/mol. The van der Waals surface area contributed by atoms with Gasteiger partial charge in [-0.25, -0.2) is 8.42 Å². The van der Waals surface area contributed by atoms with Gasteiger partial charge < -0.3 is 9.64 Å². The standard InChI is InChI=1S/C20H19F3N2O4S/c21-20(22,23)15-8-6-14(7-9-15)19(26)24-10-16-12-25(13-17(11-24)29-16)30(27,28)18-4-2-1-3-5-18/h1-9,16-17H,10-13H2/t16-,17+. The normalized spacial score (nSPS) is 22.7. The molecule has 1 amide bonds. The topological polar surface area (TPSA) is 66.9 Å². The van der Waals surface area contributed by atoms with Crippen molar-refractivity contribution in [2.24, 2.45) is 0 Å². The number of benzene rings is 2. The molecule has 2 aliphatic rings. The number of alkyl halides is 3. The fourth-order valence-electron chi connectivity index (χ4n) is 3.74. The van der Waals surface area contributed by atoms with E-state index in [0.717, 1.165) is 24.3 Å². The fraction of sp³-hybridized carbons (Fsp3) is 0.350. The first-order valence-corrected chi connectivity index (χ1v) is 10.8. The molecule has 160 valence electrons. The first-order chi connectivity index (χ1) is 14.1. The van der Waals surface area contributed by atoms with E-state index in [0.29, 0.717) is 0 Å². The number of carbonyl (C=O) groups excluding carboxylic acids is 1. The highest BCUT2D eigenvalue weighted by molar-refractivity contribution is 7.89. The van der Waals surface area contributed by atoms with Crippen molar-refractivity contribution in [3.63, 3.8) is 0 Å². The van der Waals surface area contributed by atoms with Crippen LogP contribution in [-0.2, 0) is 20.9 Å². The lowest BCUT2D eigenvalue weighted by Crippen LogP contribution is -2.61. The minimum atomic E-state index is -4.47. The lowest BCUT2D eigenvalue weighted by Gasteiger charge is -2.45. The number of rotatable bonds is 3. The Hall–Kier alpha value is -2.43. The van der Waals surface area contributed by atoms with Crippen LogP contribution in [-0.4, -0.2) is 61.9 Å². The second kappa shape index (κ2) is 7.68. The van der Waals surface area contributed by atoms with E-state index in [1.807, 2.05) is 0 Å². The summed E-state index contributed by atoms with van der Waals surface area (Å²) in [5, 5.41) is 0. The van der Waals surface area contributed by atoms with E-state index >= 15 is 0 Å². The third-order valence-corrected chi connectivity index (χ3v) is 7.02. The summed E-state index contributed by atoms with van der Waals surface area (Å²) in [5.74, 6) is -0.401. The molecule has 6 nitrogen and oxygen atoms in total. The van der Waals surface area contributed by atoms with Gasteiger partial charge in [0.1, 0.15) is 0 Å². The Morgan fingerprint density at radius 1 is 0.900 bits per heavy atom. The lowest BCUT2D eigenvalue weighted by molar-refractivity contribution is -0.137. The number of carbonyl (C=O) groups is 1. The lowest BCUT2D eigenvalue weighted by atomic mass is 10.1. The maximum atomic E-state index is 12.9. The zero-order chi connectivity index (χ0) is 21.5. The molecular formula is C20H19F3N2O4S. The summed E-state index contributed by atoms with van der Waals surface area (Å²) in [5.41, 5.74) is -0.670. The number of nitrogens with zero attached hydrogens (tertiary/aromatic N) is 2. The molecule has 0 aromatic heterocycles. The van der Waals surface area contributed by atoms with Crippen LogP contribution in [0.4, 0.5) is 13.2 Å². The van der Waals surface area contributed by atoms with Crippen LogP contribution in [0.2, 0.25) is 0 Å². The van der Waals surface area contributed by atoms with Gasteiger partial charge in [0, 0.05) is 31.7 Å². The number of fused-ring (bicyclic) bond motifs is 2. The maximum Gasteiger partial charge on any atom is 0.416 e. The van der Waals surface area contributed by atoms with Gasteiger partial charge in [-0.3, -0.25) is 4.79 Å². The van der Waals surface area contributed by atoms with Crippen LogP contribution in [0.5, 0.6) is 0 Å². The molecule has 0 aliphatic carbocycles. The molecule has 2 aromatic rings. The van der Waals surface area contributed by atoms with E-state index in [2.05, 4.69) is 0 Å². The highest BCUT2D eigenvalue weighted by atomic mass is 32.2. The van der Waals surface area contributed by atoms with Crippen molar-refractivity contribution in [3.8, 4) is 0 Å². The van der Waals surface area contributed by atoms with Crippen LogP contribution < -0.4 is 0 Å². The number of morpholine rings is 2. The predicted octanol–water partition coefficient (Wildman–Crippen LogP) is 2.62. The third kappa shape index (κ3) is 4.07. The minimum Gasteiger partial charge on any atom is -0.369 e. The van der Waals surface area contributed by atoms with E-state index in [1.165, 1.54) is 21.3 Å². The van der Waals surface area contributed by atoms with Crippen molar-refractivity contribution < 1.29 is 31.1 Å². The van der Waals surface area contributed by atoms with Gasteiger partial charge in [0.25, 0.3) is 5.91 Å². The first-order valence-electron chi connectivity index (χ1n) is 9.32. The Labute approximate surface area is 171 Å². The highest BCUT2D eigenvalue weighted by Gasteiger charge is 2.41. The number of amides is 1. The van der Waals surface area contributed by atoms with Gasteiger partial charge in [0.05, 0.1) is 22.7 Å². The van der Waals surface area contributed by atoms with Crippen molar-refractivity contribution in [1.29, 1.82) is 0 Å². The molecule has 2 heterocycles. The van der Waals surface area contributed by atoms with E-state index in [4.69, 9.17) is 4.74 Å². The van der Waals surface area contributed by atoms with Crippen LogP contribution in [0, 0.1) is 0 Å². The number of hydrogen-bond acceptors (Lipinski definition) is 4. The van der Waals surface area contributed by atoms with Crippen LogP contribution in [0.15, 0.2) is 59.5 Å². The summed E-state index contributed by atoms with van der Waals surface area (Å²) < 4.78 is 71.1. The molecule has 2 aromatic carbocycles. The van der Waals surface area contributed by atoms with Gasteiger partial charge in [-0.1, -0.05) is 18.2 Å². The largest absolute Gasteiger partial charge is 0.416 e. The van der Waals surface area contributed by atoms with Crippen molar-refractivity contribution in [2.45, 2.75) is 23.3 Å². The summed E-state index contributed by atoms with van der Waals surface area (Å²) in [6.45, 7) is 0.531. The van der Waals surface area contributed by atoms with Crippen LogP contribution in [0.3, 0.4) is 0 Å². The van der Waals surface area contributed by atoms with Crippen LogP contribution in [0.25, 0.3) is 0 Å². The number of ether oxygens (including phenoxy) is 1. The second-order valence-electron chi connectivity index (χ2n) is 7.30. The zero-order valence-electron chi connectivity index (χ0n) is 15.7. The minimum absolute atomic E-state index is 0.102. The first kappa shape index (κ1) is 20.8. The molecule has 0 unspecified atom stereocenters. The van der Waals surface area contributed by atoms with Crippen LogP contribution in [0.1, 0.15) is 15.9 Å². The maximum absolute atomic E-state index is 12.9. The molecule has 0 N–H and O–H groups in total. The van der Waals surface area contributed by atoms with E-state index in [9.17, 15) is 26.4 Å². The summed E-state index contributed by atoms with van der Waals surface area (Å²) in [6, 6.07) is 12.2. The van der Waals surface area contributed by atoms with Gasteiger partial charge in [0.2, 0.25) is 10.0 Å². The Bertz CT molecular complexity index is 1010. The van der Waals surface area contributed by atoms with Gasteiger partial charge in [-0.15, -0.1) is 0 Å². The molecule has 0 saturated carbocycles. The average molecular weight is 440 g/mol. The van der Waals surface area contributed by atoms with Gasteiger partial charge >= 0.3 is 6.18 Å². The Kier molecular flexibility index (Phi) is 5.33. The smallest absolute Gasteiger partial charge is 0.369 e. The summed E-state index contributed by atoms with van der Waals surface area (Å²) in [7, 11) is -3.67. The average Bonchev–Trinajstić information content (AvgIpc) is 2.72. The molecule has 0 spiro atoms. The van der Waals surface area contributed by atoms with Crippen molar-refractivity contribution in [3.05, 3.63) is 65.7 Å². The van der Waals surface area contributed by atoms with Gasteiger partial charge in [-0.2, -0.15) is 17.5 Å². The molecule has 2 fully saturated rings. The van der Waals surface area contributed by atoms with Crippen molar-refractivity contribution in [2.75, 3.05) is 26.2 Å². The van der Waals surface area contributed by atoms with Crippen molar-refractivity contribution in [1.82, 2.24) is 9.21 Å². The summed E-state index contributed by atoms with van der Waals surface area (Å²) in [4.78, 5) is 14.5. The second-order valence-corrected chi connectivity index (χ2v) is 9.24. The third-order valence-electron chi connectivity index (χ3n) is 5.17. The SMILES string of the molecule is O=C(c1ccc(C(F)(F)F)cc1)N1C[C@@H]2CN(S(=O)(=O)c3ccccc3)C[C@H](C1)O2. The monoisotopic (exact) mass is 440 g/mol. The number of halogens is 3. The Morgan fingerprint density at radius 3 is 2.00 bits per heavy atom. The molecule has 2 aliphatic heterocycles. The highest BCUT2D eigenvalue weighted by Crippen LogP contribution is 2.30. The molecule has 10 heteroatoms. The Balaban J connectivity index is 1.46. The molecular weight excluding hydrogens is 421 g/mol. The van der Waals surface area contributed by atoms with E-state index < -0.39 is 39.9 Å². The number of sulfonamides is 1.